The van der Waals surface area contributed by atoms with Crippen molar-refractivity contribution in [3.8, 4) is 34.9 Å². The van der Waals surface area contributed by atoms with Gasteiger partial charge in [0.2, 0.25) is 53.2 Å². The van der Waals surface area contributed by atoms with Gasteiger partial charge in [-0.3, -0.25) is 14.4 Å². The van der Waals surface area contributed by atoms with E-state index >= 15 is 4.39 Å². The van der Waals surface area contributed by atoms with E-state index in [4.69, 9.17) is 34.1 Å². The Bertz CT molecular complexity index is 5580. The molecule has 30 nitrogen and oxygen atoms in total. The maximum Gasteiger partial charge on any atom is 0.247 e. The SMILES string of the molecule is C=CC(=O)Nc1cccc(Oc2nc(Nc3ccc(N4CCN(C)CC4)c(F)c3)nc3[nH]cc(N4CC4)c23)c1.C=CC(=O)Nc1cccc(Oc2nc(Nc3ccc(N4CCN(C)CC4)cc3)nc3[nH]cc(N4CC4)c23)c1.C=CC(=O)Nc1cccc(Oc2nc(Nc3ccc(N4CCN(C)CC4)cc3)nc3[nH]cc(N4CCC4)c23)c1. The van der Waals surface area contributed by atoms with Crippen molar-refractivity contribution < 1.29 is 33.0 Å². The van der Waals surface area contributed by atoms with E-state index in [1.165, 1.54) is 35.7 Å². The van der Waals surface area contributed by atoms with E-state index in [0.717, 1.165) is 169 Å². The van der Waals surface area contributed by atoms with E-state index in [-0.39, 0.29) is 29.5 Å². The molecule has 6 aliphatic heterocycles. The first-order chi connectivity index (χ1) is 56.6. The molecule has 0 atom stereocenters. The van der Waals surface area contributed by atoms with Gasteiger partial charge in [-0.2, -0.15) is 29.9 Å². The van der Waals surface area contributed by atoms with Crippen molar-refractivity contribution in [3.63, 3.8) is 0 Å². The maximum atomic E-state index is 15.1. The lowest BCUT2D eigenvalue weighted by atomic mass is 10.2. The van der Waals surface area contributed by atoms with Crippen LogP contribution in [0.5, 0.6) is 34.9 Å². The van der Waals surface area contributed by atoms with Crippen molar-refractivity contribution in [2.24, 2.45) is 0 Å². The molecule has 12 heterocycles. The van der Waals surface area contributed by atoms with Gasteiger partial charge in [0.1, 0.15) is 56.2 Å². The Morgan fingerprint density at radius 3 is 0.991 bits per heavy atom. The molecule has 9 N–H and O–H groups in total. The molecule has 6 aromatic heterocycles. The molecule has 0 aliphatic carbocycles. The Balaban J connectivity index is 0.000000131. The van der Waals surface area contributed by atoms with Gasteiger partial charge in [-0.25, -0.2) is 4.39 Å². The second kappa shape index (κ2) is 34.3. The number of piperazine rings is 3. The van der Waals surface area contributed by atoms with Crippen molar-refractivity contribution in [1.29, 1.82) is 0 Å². The van der Waals surface area contributed by atoms with Crippen LogP contribution in [0, 0.1) is 5.82 Å². The number of fused-ring (bicyclic) bond motifs is 3. The number of hydrogen-bond acceptors (Lipinski definition) is 24. The van der Waals surface area contributed by atoms with Crippen molar-refractivity contribution in [2.75, 3.05) is 200 Å². The molecule has 0 bridgehead atoms. The summed E-state index contributed by atoms with van der Waals surface area (Å²) < 4.78 is 33.9. The number of halogens is 1. The van der Waals surface area contributed by atoms with E-state index in [9.17, 15) is 14.4 Å². The zero-order valence-corrected chi connectivity index (χ0v) is 64.8. The molecule has 6 saturated heterocycles. The number of amides is 3. The van der Waals surface area contributed by atoms with Gasteiger partial charge in [-0.05, 0) is 149 Å². The lowest BCUT2D eigenvalue weighted by molar-refractivity contribution is -0.112. The summed E-state index contributed by atoms with van der Waals surface area (Å²) in [6.45, 7) is 28.0. The Kier molecular flexibility index (Phi) is 22.5. The highest BCUT2D eigenvalue weighted by atomic mass is 19.1. The van der Waals surface area contributed by atoms with Gasteiger partial charge in [0.05, 0.1) is 22.7 Å². The minimum atomic E-state index is -0.316. The molecular formula is C85H91FN24O6. The number of carbonyl (C=O) groups excluding carboxylic acids is 3. The average molecular weight is 1560 g/mol. The predicted octanol–water partition coefficient (Wildman–Crippen LogP) is 13.1. The Morgan fingerprint density at radius 2 is 0.672 bits per heavy atom. The number of rotatable bonds is 24. The van der Waals surface area contributed by atoms with Crippen LogP contribution < -0.4 is 75.5 Å². The lowest BCUT2D eigenvalue weighted by Crippen LogP contribution is -2.44. The highest BCUT2D eigenvalue weighted by Crippen LogP contribution is 2.43. The van der Waals surface area contributed by atoms with Crippen LogP contribution in [0.15, 0.2) is 196 Å². The fourth-order valence-corrected chi connectivity index (χ4v) is 14.0. The fraction of sp³-hybridized carbons (Fsp3) is 0.259. The number of carbonyl (C=O) groups is 3. The number of nitrogens with one attached hydrogen (secondary N) is 9. The number of H-pyrrole nitrogens is 3. The van der Waals surface area contributed by atoms with Crippen molar-refractivity contribution in [2.45, 2.75) is 6.42 Å². The van der Waals surface area contributed by atoms with Crippen molar-refractivity contribution >= 4 is 137 Å². The van der Waals surface area contributed by atoms with Gasteiger partial charge < -0.3 is 105 Å². The smallest absolute Gasteiger partial charge is 0.247 e. The number of likely N-dealkylation sites (N-methyl/N-ethyl adjacent to an activating group) is 3. The Hall–Kier alpha value is -13.8. The molecule has 6 aromatic carbocycles. The van der Waals surface area contributed by atoms with Gasteiger partial charge in [-0.15, -0.1) is 0 Å². The molecule has 116 heavy (non-hydrogen) atoms. The summed E-state index contributed by atoms with van der Waals surface area (Å²) in [5, 5.41) is 20.4. The highest BCUT2D eigenvalue weighted by molar-refractivity contribution is 6.02. The van der Waals surface area contributed by atoms with Crippen LogP contribution in [0.4, 0.5) is 90.5 Å². The normalized spacial score (nSPS) is 15.4. The standard InChI is InChI=1S/C29H32N8O2.C28H29FN8O2.C28H30N8O2/c1-3-25(38)31-21-6-4-7-23(18-21)39-28-26-24(37-12-5-13-37)19-30-27(26)33-29(34-28)32-20-8-10-22(11-9-20)36-16-14-35(2)15-17-36;1-3-24(38)31-18-5-4-6-20(15-18)39-27-25-23(37-13-14-37)17-30-26(25)33-28(34-27)32-19-7-8-22(21(29)16-19)36-11-9-35(2)10-12-36;1-3-24(37)30-20-5-4-6-22(17-20)38-27-25-23(36-15-16-36)18-29-26(25)32-28(33-27)31-19-7-9-21(10-8-19)35-13-11-34(2)12-14-35/h3-4,6-11,18-19H,1,5,12-17H2,2H3,(H,31,38)(H2,30,32,33,34);3-8,15-17H,1,9-14H2,2H3,(H,31,38)(H2,30,32,33,34);3-10,17-18H,1,11-16H2,2H3,(H,30,37)(H2,29,31,32,33). The van der Waals surface area contributed by atoms with Crippen LogP contribution in [0.1, 0.15) is 6.42 Å². The summed E-state index contributed by atoms with van der Waals surface area (Å²) in [5.74, 6) is 2.73. The zero-order valence-electron chi connectivity index (χ0n) is 64.8. The number of benzene rings is 6. The summed E-state index contributed by atoms with van der Waals surface area (Å²) in [7, 11) is 6.39. The topological polar surface area (TPSA) is 304 Å². The highest BCUT2D eigenvalue weighted by Gasteiger charge is 2.30. The molecular weight excluding hydrogens is 1470 g/mol. The number of anilines is 15. The van der Waals surface area contributed by atoms with Gasteiger partial charge in [0, 0.05) is 200 Å². The van der Waals surface area contributed by atoms with Crippen LogP contribution in [-0.4, -0.2) is 216 Å². The van der Waals surface area contributed by atoms with E-state index in [0.29, 0.717) is 92.2 Å². The minimum absolute atomic E-state index is 0.263. The molecule has 12 aromatic rings. The van der Waals surface area contributed by atoms with Gasteiger partial charge >= 0.3 is 0 Å². The molecule has 18 rings (SSSR count). The van der Waals surface area contributed by atoms with Crippen molar-refractivity contribution in [3.05, 3.63) is 202 Å². The van der Waals surface area contributed by atoms with Crippen molar-refractivity contribution in [1.82, 2.24) is 59.6 Å². The summed E-state index contributed by atoms with van der Waals surface area (Å²) in [6, 6.07) is 43.2. The van der Waals surface area contributed by atoms with Gasteiger partial charge in [0.25, 0.3) is 0 Å². The molecule has 6 fully saturated rings. The summed E-state index contributed by atoms with van der Waals surface area (Å²) in [6.07, 6.45) is 10.6. The second-order valence-corrected chi connectivity index (χ2v) is 29.0. The first kappa shape index (κ1) is 76.2. The minimum Gasteiger partial charge on any atom is -0.438 e. The number of ether oxygens (including phenoxy) is 3. The first-order valence-corrected chi connectivity index (χ1v) is 38.8. The van der Waals surface area contributed by atoms with Crippen LogP contribution in [0.2, 0.25) is 0 Å². The molecule has 6 aliphatic rings. The van der Waals surface area contributed by atoms with Gasteiger partial charge in [0.15, 0.2) is 0 Å². The predicted molar refractivity (Wildman–Crippen MR) is 457 cm³/mol. The molecule has 0 radical (unpaired) electrons. The number of aromatic nitrogens is 9. The number of aromatic amines is 3. The summed E-state index contributed by atoms with van der Waals surface area (Å²) in [4.78, 5) is 93.8. The fourth-order valence-electron chi connectivity index (χ4n) is 14.0. The molecule has 594 valence electrons. The van der Waals surface area contributed by atoms with Crippen LogP contribution in [0.3, 0.4) is 0 Å². The zero-order chi connectivity index (χ0) is 79.8. The first-order valence-electron chi connectivity index (χ1n) is 38.8. The summed E-state index contributed by atoms with van der Waals surface area (Å²) >= 11 is 0. The van der Waals surface area contributed by atoms with E-state index in [2.05, 4.69) is 166 Å². The van der Waals surface area contributed by atoms with Crippen LogP contribution >= 0.6 is 0 Å². The average Bonchev–Trinajstić information content (AvgIpc) is 1.62. The summed E-state index contributed by atoms with van der Waals surface area (Å²) in [5.41, 5.74) is 12.0. The number of hydrogen-bond donors (Lipinski definition) is 9. The Labute approximate surface area is 669 Å². The quantitative estimate of drug-likeness (QED) is 0.0201. The second-order valence-electron chi connectivity index (χ2n) is 29.0. The molecule has 0 spiro atoms. The van der Waals surface area contributed by atoms with E-state index < -0.39 is 0 Å². The largest absolute Gasteiger partial charge is 0.438 e. The molecule has 3 amide bonds. The van der Waals surface area contributed by atoms with E-state index in [1.807, 2.05) is 73.2 Å². The molecule has 0 saturated carbocycles. The monoisotopic (exact) mass is 1560 g/mol. The third-order valence-corrected chi connectivity index (χ3v) is 20.7. The third-order valence-electron chi connectivity index (χ3n) is 20.7. The molecule has 31 heteroatoms. The van der Waals surface area contributed by atoms with Crippen LogP contribution in [-0.2, 0) is 14.4 Å². The lowest BCUT2D eigenvalue weighted by Gasteiger charge is -2.34. The van der Waals surface area contributed by atoms with Crippen LogP contribution in [0.25, 0.3) is 33.1 Å². The molecule has 0 unspecified atom stereocenters. The number of nitrogens with zero attached hydrogens (tertiary/aromatic N) is 15. The maximum absolute atomic E-state index is 15.1. The van der Waals surface area contributed by atoms with Gasteiger partial charge in [-0.1, -0.05) is 37.9 Å². The Morgan fingerprint density at radius 1 is 0.362 bits per heavy atom. The van der Waals surface area contributed by atoms with E-state index in [1.54, 1.807) is 54.6 Å². The third kappa shape index (κ3) is 18.3.